The normalized spacial score (nSPS) is 12.5. The van der Waals surface area contributed by atoms with E-state index in [0.29, 0.717) is 26.6 Å². The van der Waals surface area contributed by atoms with Gasteiger partial charge in [-0.25, -0.2) is 9.37 Å². The number of fused-ring (bicyclic) bond motifs is 1. The summed E-state index contributed by atoms with van der Waals surface area (Å²) in [6.07, 6.45) is 0. The number of carbonyl (C=O) groups excluding carboxylic acids is 1. The minimum atomic E-state index is -0.496. The fraction of sp³-hybridized carbons (Fsp3) is 0.250. The molecule has 0 N–H and O–H groups in total. The quantitative estimate of drug-likeness (QED) is 0.336. The Morgan fingerprint density at radius 2 is 1.81 bits per heavy atom. The first-order valence-corrected chi connectivity index (χ1v) is 9.72. The molecule has 0 bridgehead atoms. The smallest absolute Gasteiger partial charge is 0.262 e. The maximum absolute atomic E-state index is 13.1. The van der Waals surface area contributed by atoms with E-state index in [4.69, 9.17) is 11.6 Å². The molecule has 0 unspecified atom stereocenters. The molecule has 0 aliphatic rings. The standard InChI is InChI=1S/C20H18ClFN2O2S/c1-11(2)24-19(26)16-9-6-14(21)10-17(16)23-20(24)27-12(3)18(25)13-4-7-15(22)8-5-13/h4-12H,1-3H3/t12-/m1/s1. The van der Waals surface area contributed by atoms with Crippen molar-refractivity contribution >= 4 is 40.0 Å². The summed E-state index contributed by atoms with van der Waals surface area (Å²) >= 11 is 7.24. The van der Waals surface area contributed by atoms with Crippen LogP contribution >= 0.6 is 23.4 Å². The van der Waals surface area contributed by atoms with Gasteiger partial charge >= 0.3 is 0 Å². The summed E-state index contributed by atoms with van der Waals surface area (Å²) in [4.78, 5) is 30.1. The summed E-state index contributed by atoms with van der Waals surface area (Å²) in [5, 5.41) is 0.926. The summed E-state index contributed by atoms with van der Waals surface area (Å²) < 4.78 is 14.7. The van der Waals surface area contributed by atoms with Crippen molar-refractivity contribution in [3.05, 3.63) is 69.2 Å². The number of halogens is 2. The number of rotatable bonds is 5. The van der Waals surface area contributed by atoms with Crippen LogP contribution in [0.25, 0.3) is 10.9 Å². The van der Waals surface area contributed by atoms with Crippen molar-refractivity contribution in [2.24, 2.45) is 0 Å². The lowest BCUT2D eigenvalue weighted by molar-refractivity contribution is 0.0993. The number of nitrogens with zero attached hydrogens (tertiary/aromatic N) is 2. The zero-order valence-corrected chi connectivity index (χ0v) is 16.6. The fourth-order valence-corrected chi connectivity index (χ4v) is 4.03. The Balaban J connectivity index is 2.02. The van der Waals surface area contributed by atoms with E-state index < -0.39 is 11.1 Å². The van der Waals surface area contributed by atoms with Crippen molar-refractivity contribution in [1.82, 2.24) is 9.55 Å². The minimum Gasteiger partial charge on any atom is -0.293 e. The largest absolute Gasteiger partial charge is 0.293 e. The predicted octanol–water partition coefficient (Wildman–Crippen LogP) is 5.13. The molecule has 3 aromatic rings. The Hall–Kier alpha value is -2.18. The van der Waals surface area contributed by atoms with E-state index in [2.05, 4.69) is 4.98 Å². The van der Waals surface area contributed by atoms with Crippen molar-refractivity contribution in [3.8, 4) is 0 Å². The highest BCUT2D eigenvalue weighted by molar-refractivity contribution is 8.00. The van der Waals surface area contributed by atoms with E-state index in [0.717, 1.165) is 0 Å². The Morgan fingerprint density at radius 1 is 1.15 bits per heavy atom. The second kappa shape index (κ2) is 7.82. The molecule has 1 atom stereocenters. The van der Waals surface area contributed by atoms with Crippen LogP contribution in [0.5, 0.6) is 0 Å². The van der Waals surface area contributed by atoms with Crippen LogP contribution in [0, 0.1) is 5.82 Å². The van der Waals surface area contributed by atoms with Crippen molar-refractivity contribution in [3.63, 3.8) is 0 Å². The number of carbonyl (C=O) groups is 1. The van der Waals surface area contributed by atoms with Gasteiger partial charge in [-0.15, -0.1) is 0 Å². The van der Waals surface area contributed by atoms with E-state index >= 15 is 0 Å². The van der Waals surface area contributed by atoms with Crippen molar-refractivity contribution in [2.45, 2.75) is 37.2 Å². The van der Waals surface area contributed by atoms with Gasteiger partial charge in [-0.05, 0) is 63.2 Å². The molecule has 2 aromatic carbocycles. The van der Waals surface area contributed by atoms with Gasteiger partial charge in [-0.2, -0.15) is 0 Å². The highest BCUT2D eigenvalue weighted by Crippen LogP contribution is 2.27. The van der Waals surface area contributed by atoms with Crippen LogP contribution in [-0.2, 0) is 0 Å². The van der Waals surface area contributed by atoms with E-state index in [1.54, 1.807) is 29.7 Å². The third kappa shape index (κ3) is 4.06. The molecular formula is C20H18ClFN2O2S. The van der Waals surface area contributed by atoms with Gasteiger partial charge in [0.05, 0.1) is 16.2 Å². The number of hydrogen-bond acceptors (Lipinski definition) is 4. The maximum atomic E-state index is 13.1. The molecule has 0 aliphatic carbocycles. The number of ketones is 1. The Morgan fingerprint density at radius 3 is 2.44 bits per heavy atom. The molecule has 27 heavy (non-hydrogen) atoms. The topological polar surface area (TPSA) is 52.0 Å². The number of benzene rings is 2. The molecule has 1 heterocycles. The van der Waals surface area contributed by atoms with Crippen LogP contribution in [0.15, 0.2) is 52.4 Å². The van der Waals surface area contributed by atoms with Crippen LogP contribution < -0.4 is 5.56 Å². The van der Waals surface area contributed by atoms with Crippen molar-refractivity contribution < 1.29 is 9.18 Å². The lowest BCUT2D eigenvalue weighted by atomic mass is 10.1. The molecule has 0 spiro atoms. The third-order valence-corrected chi connectivity index (χ3v) is 5.43. The molecule has 140 valence electrons. The van der Waals surface area contributed by atoms with Crippen LogP contribution in [0.1, 0.15) is 37.2 Å². The molecule has 3 rings (SSSR count). The Labute approximate surface area is 165 Å². The molecule has 0 radical (unpaired) electrons. The maximum Gasteiger partial charge on any atom is 0.262 e. The first-order chi connectivity index (χ1) is 12.8. The van der Waals surface area contributed by atoms with Gasteiger partial charge in [0.2, 0.25) is 0 Å². The number of Topliss-reactive ketones (excluding diaryl/α,β-unsaturated/α-hetero) is 1. The Bertz CT molecular complexity index is 1060. The molecule has 0 saturated heterocycles. The zero-order chi connectivity index (χ0) is 19.7. The molecular weight excluding hydrogens is 387 g/mol. The molecule has 0 amide bonds. The summed E-state index contributed by atoms with van der Waals surface area (Å²) in [5.74, 6) is -0.552. The zero-order valence-electron chi connectivity index (χ0n) is 15.1. The lowest BCUT2D eigenvalue weighted by Crippen LogP contribution is -2.26. The first-order valence-electron chi connectivity index (χ1n) is 8.46. The number of thioether (sulfide) groups is 1. The van der Waals surface area contributed by atoms with Gasteiger partial charge in [0.15, 0.2) is 10.9 Å². The van der Waals surface area contributed by atoms with E-state index in [9.17, 15) is 14.0 Å². The van der Waals surface area contributed by atoms with E-state index in [-0.39, 0.29) is 17.4 Å². The van der Waals surface area contributed by atoms with Gasteiger partial charge in [0.25, 0.3) is 5.56 Å². The van der Waals surface area contributed by atoms with E-state index in [1.165, 1.54) is 36.0 Å². The van der Waals surface area contributed by atoms with Crippen LogP contribution in [0.3, 0.4) is 0 Å². The number of hydrogen-bond donors (Lipinski definition) is 0. The first kappa shape index (κ1) is 19.6. The second-order valence-corrected chi connectivity index (χ2v) is 8.20. The van der Waals surface area contributed by atoms with E-state index in [1.807, 2.05) is 13.8 Å². The average molecular weight is 405 g/mol. The summed E-state index contributed by atoms with van der Waals surface area (Å²) in [7, 11) is 0. The highest BCUT2D eigenvalue weighted by Gasteiger charge is 2.21. The van der Waals surface area contributed by atoms with Crippen LogP contribution in [0.4, 0.5) is 4.39 Å². The molecule has 7 heteroatoms. The Kier molecular flexibility index (Phi) is 5.67. The molecule has 0 saturated carbocycles. The molecule has 0 aliphatic heterocycles. The van der Waals surface area contributed by atoms with Crippen LogP contribution in [0.2, 0.25) is 5.02 Å². The average Bonchev–Trinajstić information content (AvgIpc) is 2.61. The van der Waals surface area contributed by atoms with Crippen molar-refractivity contribution in [1.29, 1.82) is 0 Å². The third-order valence-electron chi connectivity index (χ3n) is 4.13. The van der Waals surface area contributed by atoms with Gasteiger partial charge in [0.1, 0.15) is 5.82 Å². The fourth-order valence-electron chi connectivity index (χ4n) is 2.75. The molecule has 1 aromatic heterocycles. The SMILES string of the molecule is CC(C)n1c(S[C@H](C)C(=O)c2ccc(F)cc2)nc2cc(Cl)ccc2c1=O. The monoisotopic (exact) mass is 404 g/mol. The van der Waals surface area contributed by atoms with Gasteiger partial charge in [-0.1, -0.05) is 23.4 Å². The van der Waals surface area contributed by atoms with Gasteiger partial charge < -0.3 is 0 Å². The minimum absolute atomic E-state index is 0.124. The highest BCUT2D eigenvalue weighted by atomic mass is 35.5. The molecule has 4 nitrogen and oxygen atoms in total. The molecule has 0 fully saturated rings. The van der Waals surface area contributed by atoms with Crippen LogP contribution in [-0.4, -0.2) is 20.6 Å². The summed E-state index contributed by atoms with van der Waals surface area (Å²) in [6, 6.07) is 10.3. The van der Waals surface area contributed by atoms with Gasteiger partial charge in [0, 0.05) is 16.6 Å². The predicted molar refractivity (Wildman–Crippen MR) is 107 cm³/mol. The van der Waals surface area contributed by atoms with Gasteiger partial charge in [-0.3, -0.25) is 14.2 Å². The lowest BCUT2D eigenvalue weighted by Gasteiger charge is -2.18. The second-order valence-electron chi connectivity index (χ2n) is 6.46. The number of aromatic nitrogens is 2. The summed E-state index contributed by atoms with van der Waals surface area (Å²) in [5.41, 5.74) is 0.739. The summed E-state index contributed by atoms with van der Waals surface area (Å²) in [6.45, 7) is 5.53. The van der Waals surface area contributed by atoms with Crippen molar-refractivity contribution in [2.75, 3.05) is 0 Å².